The zero-order valence-corrected chi connectivity index (χ0v) is 12.3. The van der Waals surface area contributed by atoms with Crippen LogP contribution in [0, 0.1) is 5.92 Å². The van der Waals surface area contributed by atoms with Gasteiger partial charge in [0.2, 0.25) is 5.91 Å². The van der Waals surface area contributed by atoms with Crippen molar-refractivity contribution in [3.63, 3.8) is 0 Å². The molecule has 110 valence electrons. The van der Waals surface area contributed by atoms with Gasteiger partial charge >= 0.3 is 0 Å². The van der Waals surface area contributed by atoms with E-state index in [-0.39, 0.29) is 11.8 Å². The van der Waals surface area contributed by atoms with E-state index in [1.165, 1.54) is 0 Å². The highest BCUT2D eigenvalue weighted by Gasteiger charge is 2.25. The minimum Gasteiger partial charge on any atom is -0.493 e. The fourth-order valence-electron chi connectivity index (χ4n) is 2.51. The lowest BCUT2D eigenvalue weighted by molar-refractivity contribution is -0.134. The van der Waals surface area contributed by atoms with E-state index in [1.807, 2.05) is 25.2 Å². The summed E-state index contributed by atoms with van der Waals surface area (Å²) in [4.78, 5) is 14.0. The van der Waals surface area contributed by atoms with Crippen molar-refractivity contribution >= 4 is 5.91 Å². The molecule has 0 aromatic heterocycles. The molecule has 1 fully saturated rings. The van der Waals surface area contributed by atoms with Crippen molar-refractivity contribution in [2.24, 2.45) is 5.92 Å². The third kappa shape index (κ3) is 3.22. The third-order valence-corrected chi connectivity index (χ3v) is 3.65. The lowest BCUT2D eigenvalue weighted by atomic mass is 10.1. The largest absolute Gasteiger partial charge is 0.493 e. The maximum atomic E-state index is 12.3. The van der Waals surface area contributed by atoms with Crippen molar-refractivity contribution < 1.29 is 14.3 Å². The van der Waals surface area contributed by atoms with Crippen LogP contribution in [0.25, 0.3) is 0 Å². The Labute approximate surface area is 119 Å². The lowest BCUT2D eigenvalue weighted by Crippen LogP contribution is -2.33. The number of nitrogens with zero attached hydrogens (tertiary/aromatic N) is 1. The molecule has 1 aromatic carbocycles. The van der Waals surface area contributed by atoms with Gasteiger partial charge in [0, 0.05) is 20.1 Å². The van der Waals surface area contributed by atoms with E-state index in [9.17, 15) is 4.79 Å². The monoisotopic (exact) mass is 278 g/mol. The first kappa shape index (κ1) is 14.7. The van der Waals surface area contributed by atoms with Gasteiger partial charge < -0.3 is 19.7 Å². The Kier molecular flexibility index (Phi) is 4.84. The Hall–Kier alpha value is -1.75. The summed E-state index contributed by atoms with van der Waals surface area (Å²) in [6.07, 6.45) is 0.926. The van der Waals surface area contributed by atoms with Crippen LogP contribution in [0.2, 0.25) is 0 Å². The number of carbonyl (C=O) groups excluding carboxylic acids is 1. The smallest absolute Gasteiger partial charge is 0.227 e. The van der Waals surface area contributed by atoms with E-state index in [2.05, 4.69) is 5.32 Å². The van der Waals surface area contributed by atoms with Crippen LogP contribution in [0.5, 0.6) is 11.5 Å². The summed E-state index contributed by atoms with van der Waals surface area (Å²) in [6.45, 7) is 2.30. The fraction of sp³-hybridized carbons (Fsp3) is 0.533. The second-order valence-electron chi connectivity index (χ2n) is 5.07. The molecule has 1 aliphatic rings. The molecular formula is C15H22N2O3. The highest BCUT2D eigenvalue weighted by atomic mass is 16.5. The second-order valence-corrected chi connectivity index (χ2v) is 5.07. The van der Waals surface area contributed by atoms with Gasteiger partial charge in [-0.2, -0.15) is 0 Å². The number of hydrogen-bond donors (Lipinski definition) is 1. The van der Waals surface area contributed by atoms with Crippen molar-refractivity contribution in [3.8, 4) is 11.5 Å². The summed E-state index contributed by atoms with van der Waals surface area (Å²) in [5, 5.41) is 3.22. The van der Waals surface area contributed by atoms with Crippen LogP contribution in [-0.2, 0) is 11.3 Å². The molecule has 20 heavy (non-hydrogen) atoms. The summed E-state index contributed by atoms with van der Waals surface area (Å²) in [7, 11) is 5.07. The minimum atomic E-state index is 0.111. The van der Waals surface area contributed by atoms with Crippen molar-refractivity contribution in [1.82, 2.24) is 10.2 Å². The van der Waals surface area contributed by atoms with E-state index in [1.54, 1.807) is 19.1 Å². The van der Waals surface area contributed by atoms with Crippen molar-refractivity contribution in [1.29, 1.82) is 0 Å². The molecule has 1 N–H and O–H groups in total. The summed E-state index contributed by atoms with van der Waals surface area (Å²) in [5.74, 6) is 1.70. The number of ether oxygens (including phenoxy) is 2. The average molecular weight is 278 g/mol. The molecular weight excluding hydrogens is 256 g/mol. The van der Waals surface area contributed by atoms with Crippen LogP contribution >= 0.6 is 0 Å². The highest BCUT2D eigenvalue weighted by Crippen LogP contribution is 2.28. The first-order chi connectivity index (χ1) is 9.65. The Morgan fingerprint density at radius 3 is 2.70 bits per heavy atom. The van der Waals surface area contributed by atoms with Gasteiger partial charge in [-0.25, -0.2) is 0 Å². The molecule has 0 saturated carbocycles. The first-order valence-electron chi connectivity index (χ1n) is 6.82. The normalized spacial score (nSPS) is 17.9. The molecule has 0 spiro atoms. The van der Waals surface area contributed by atoms with E-state index in [0.717, 1.165) is 25.1 Å². The number of benzene rings is 1. The topological polar surface area (TPSA) is 50.8 Å². The fourth-order valence-corrected chi connectivity index (χ4v) is 2.51. The molecule has 2 rings (SSSR count). The van der Waals surface area contributed by atoms with Crippen LogP contribution < -0.4 is 14.8 Å². The predicted molar refractivity (Wildman–Crippen MR) is 77.0 cm³/mol. The van der Waals surface area contributed by atoms with E-state index < -0.39 is 0 Å². The average Bonchev–Trinajstić information content (AvgIpc) is 3.00. The number of rotatable bonds is 5. The number of hydrogen-bond acceptors (Lipinski definition) is 4. The van der Waals surface area contributed by atoms with E-state index in [0.29, 0.717) is 18.0 Å². The van der Waals surface area contributed by atoms with Crippen LogP contribution in [0.15, 0.2) is 18.2 Å². The molecule has 5 heteroatoms. The number of amides is 1. The van der Waals surface area contributed by atoms with E-state index in [4.69, 9.17) is 9.47 Å². The van der Waals surface area contributed by atoms with Gasteiger partial charge in [-0.3, -0.25) is 4.79 Å². The van der Waals surface area contributed by atoms with Gasteiger partial charge in [-0.15, -0.1) is 0 Å². The summed E-state index contributed by atoms with van der Waals surface area (Å²) in [6, 6.07) is 5.73. The minimum absolute atomic E-state index is 0.111. The van der Waals surface area contributed by atoms with Crippen molar-refractivity contribution in [2.75, 3.05) is 34.4 Å². The Bertz CT molecular complexity index is 470. The summed E-state index contributed by atoms with van der Waals surface area (Å²) < 4.78 is 10.5. The van der Waals surface area contributed by atoms with Gasteiger partial charge in [0.15, 0.2) is 11.5 Å². The number of carbonyl (C=O) groups is 1. The van der Waals surface area contributed by atoms with Crippen molar-refractivity contribution in [3.05, 3.63) is 23.8 Å². The Morgan fingerprint density at radius 2 is 2.10 bits per heavy atom. The van der Waals surface area contributed by atoms with Gasteiger partial charge in [0.25, 0.3) is 0 Å². The van der Waals surface area contributed by atoms with Gasteiger partial charge in [-0.05, 0) is 30.7 Å². The molecule has 1 unspecified atom stereocenters. The second kappa shape index (κ2) is 6.61. The quantitative estimate of drug-likeness (QED) is 0.881. The van der Waals surface area contributed by atoms with Crippen LogP contribution in [0.4, 0.5) is 0 Å². The third-order valence-electron chi connectivity index (χ3n) is 3.65. The van der Waals surface area contributed by atoms with Crippen molar-refractivity contribution in [2.45, 2.75) is 13.0 Å². The molecule has 1 amide bonds. The maximum absolute atomic E-state index is 12.3. The van der Waals surface area contributed by atoms with Gasteiger partial charge in [-0.1, -0.05) is 6.07 Å². The maximum Gasteiger partial charge on any atom is 0.227 e. The molecule has 0 bridgehead atoms. The number of methoxy groups -OCH3 is 2. The van der Waals surface area contributed by atoms with Crippen LogP contribution in [-0.4, -0.2) is 45.2 Å². The molecule has 1 aliphatic heterocycles. The Morgan fingerprint density at radius 1 is 1.35 bits per heavy atom. The lowest BCUT2D eigenvalue weighted by Gasteiger charge is -2.21. The highest BCUT2D eigenvalue weighted by molar-refractivity contribution is 5.79. The van der Waals surface area contributed by atoms with Gasteiger partial charge in [0.05, 0.1) is 20.1 Å². The molecule has 0 aliphatic carbocycles. The first-order valence-corrected chi connectivity index (χ1v) is 6.82. The molecule has 5 nitrogen and oxygen atoms in total. The number of nitrogens with one attached hydrogen (secondary N) is 1. The summed E-state index contributed by atoms with van der Waals surface area (Å²) in [5.41, 5.74) is 1.03. The predicted octanol–water partition coefficient (Wildman–Crippen LogP) is 1.27. The molecule has 0 radical (unpaired) electrons. The molecule has 1 aromatic rings. The van der Waals surface area contributed by atoms with Crippen LogP contribution in [0.1, 0.15) is 12.0 Å². The SMILES string of the molecule is COc1ccc(CN(C)C(=O)C2CCNC2)cc1OC. The van der Waals surface area contributed by atoms with Crippen LogP contribution in [0.3, 0.4) is 0 Å². The molecule has 1 heterocycles. The summed E-state index contributed by atoms with van der Waals surface area (Å²) >= 11 is 0. The standard InChI is InChI=1S/C15H22N2O3/c1-17(15(18)12-6-7-16-9-12)10-11-4-5-13(19-2)14(8-11)20-3/h4-5,8,12,16H,6-7,9-10H2,1-3H3. The zero-order valence-electron chi connectivity index (χ0n) is 12.3. The zero-order chi connectivity index (χ0) is 14.5. The Balaban J connectivity index is 2.03. The molecule has 1 saturated heterocycles. The van der Waals surface area contributed by atoms with E-state index >= 15 is 0 Å². The molecule has 1 atom stereocenters. The van der Waals surface area contributed by atoms with Gasteiger partial charge in [0.1, 0.15) is 0 Å².